The highest BCUT2D eigenvalue weighted by atomic mass is 16.4. The topological polar surface area (TPSA) is 259 Å². The standard InChI is InChI=1S/3C5H9NO2.C5H12O4/c3*7-5(8)2-1-4-3-6-4;6-1-5(2-7,3-8)4-9/h3*4,6H,1-3H2,(H,7,8);6-9H,1-4H2. The maximum absolute atomic E-state index is 9.90. The average Bonchev–Trinajstić information content (AvgIpc) is 3.66. The minimum absolute atomic E-state index is 0.303. The van der Waals surface area contributed by atoms with Crippen LogP contribution in [0.5, 0.6) is 0 Å². The summed E-state index contributed by atoms with van der Waals surface area (Å²) in [6.45, 7) is 1.40. The molecule has 3 unspecified atom stereocenters. The lowest BCUT2D eigenvalue weighted by Crippen LogP contribution is -2.37. The van der Waals surface area contributed by atoms with Crippen molar-refractivity contribution in [3.8, 4) is 0 Å². The minimum Gasteiger partial charge on any atom is -0.481 e. The number of aliphatic hydroxyl groups excluding tert-OH is 4. The molecule has 3 fully saturated rings. The molecular formula is C20H39N3O10. The van der Waals surface area contributed by atoms with Gasteiger partial charge in [0.25, 0.3) is 0 Å². The first-order valence-corrected chi connectivity index (χ1v) is 10.9. The lowest BCUT2D eigenvalue weighted by atomic mass is 9.93. The molecule has 0 bridgehead atoms. The first kappa shape index (κ1) is 31.1. The maximum Gasteiger partial charge on any atom is 0.303 e. The Bertz CT molecular complexity index is 483. The van der Waals surface area contributed by atoms with E-state index < -0.39 is 49.8 Å². The van der Waals surface area contributed by atoms with Crippen molar-refractivity contribution in [2.24, 2.45) is 5.41 Å². The Morgan fingerprint density at radius 2 is 0.788 bits per heavy atom. The zero-order valence-electron chi connectivity index (χ0n) is 18.8. The summed E-state index contributed by atoms with van der Waals surface area (Å²) in [5.41, 5.74) is -1.11. The number of rotatable bonds is 13. The van der Waals surface area contributed by atoms with Crippen molar-refractivity contribution in [1.82, 2.24) is 16.0 Å². The van der Waals surface area contributed by atoms with E-state index in [4.69, 9.17) is 35.7 Å². The third kappa shape index (κ3) is 20.5. The number of hydrogen-bond donors (Lipinski definition) is 10. The number of aliphatic carboxylic acids is 3. The number of nitrogens with one attached hydrogen (secondary N) is 3. The lowest BCUT2D eigenvalue weighted by molar-refractivity contribution is -0.138. The van der Waals surface area contributed by atoms with E-state index in [2.05, 4.69) is 16.0 Å². The minimum atomic E-state index is -1.11. The SMILES string of the molecule is O=C(O)CCC1CN1.O=C(O)CCC1CN1.O=C(O)CCC1CN1.OCC(CO)(CO)CO. The molecule has 0 aromatic carbocycles. The number of carbonyl (C=O) groups is 3. The van der Waals surface area contributed by atoms with Crippen LogP contribution in [0.1, 0.15) is 38.5 Å². The summed E-state index contributed by atoms with van der Waals surface area (Å²) in [4.78, 5) is 29.7. The highest BCUT2D eigenvalue weighted by Crippen LogP contribution is 2.12. The first-order chi connectivity index (χ1) is 15.6. The van der Waals surface area contributed by atoms with Crippen molar-refractivity contribution in [3.05, 3.63) is 0 Å². The van der Waals surface area contributed by atoms with Crippen molar-refractivity contribution in [3.63, 3.8) is 0 Å². The number of carboxylic acids is 3. The van der Waals surface area contributed by atoms with Gasteiger partial charge in [0.05, 0.1) is 31.8 Å². The Kier molecular flexibility index (Phi) is 16.6. The van der Waals surface area contributed by atoms with E-state index in [0.717, 1.165) is 38.9 Å². The van der Waals surface area contributed by atoms with Crippen LogP contribution >= 0.6 is 0 Å². The zero-order chi connectivity index (χ0) is 25.3. The van der Waals surface area contributed by atoms with E-state index in [9.17, 15) is 14.4 Å². The van der Waals surface area contributed by atoms with Gasteiger partial charge in [0, 0.05) is 57.0 Å². The van der Waals surface area contributed by atoms with E-state index >= 15 is 0 Å². The summed E-state index contributed by atoms with van der Waals surface area (Å²) in [6.07, 6.45) is 3.27. The molecule has 33 heavy (non-hydrogen) atoms. The van der Waals surface area contributed by atoms with Gasteiger partial charge in [-0.05, 0) is 19.3 Å². The summed E-state index contributed by atoms with van der Waals surface area (Å²) < 4.78 is 0. The molecule has 3 rings (SSSR count). The Labute approximate surface area is 192 Å². The second-order valence-electron chi connectivity index (χ2n) is 8.25. The van der Waals surface area contributed by atoms with Crippen LogP contribution in [-0.4, -0.2) is 118 Å². The maximum atomic E-state index is 9.90. The molecule has 0 aromatic rings. The molecule has 0 spiro atoms. The van der Waals surface area contributed by atoms with Crippen LogP contribution in [0.2, 0.25) is 0 Å². The van der Waals surface area contributed by atoms with E-state index in [1.165, 1.54) is 0 Å². The second-order valence-corrected chi connectivity index (χ2v) is 8.25. The third-order valence-corrected chi connectivity index (χ3v) is 4.94. The van der Waals surface area contributed by atoms with E-state index in [1.54, 1.807) is 0 Å². The van der Waals surface area contributed by atoms with Crippen molar-refractivity contribution in [1.29, 1.82) is 0 Å². The van der Waals surface area contributed by atoms with Gasteiger partial charge in [-0.2, -0.15) is 0 Å². The fourth-order valence-corrected chi connectivity index (χ4v) is 2.06. The molecule has 0 saturated carbocycles. The van der Waals surface area contributed by atoms with E-state index in [0.29, 0.717) is 37.4 Å². The molecule has 3 aliphatic rings. The Morgan fingerprint density at radius 1 is 0.576 bits per heavy atom. The van der Waals surface area contributed by atoms with Crippen molar-refractivity contribution in [2.75, 3.05) is 46.1 Å². The van der Waals surface area contributed by atoms with Crippen molar-refractivity contribution >= 4 is 17.9 Å². The molecule has 0 radical (unpaired) electrons. The van der Waals surface area contributed by atoms with Gasteiger partial charge in [0.15, 0.2) is 0 Å². The van der Waals surface area contributed by atoms with Crippen LogP contribution in [-0.2, 0) is 14.4 Å². The second kappa shape index (κ2) is 17.6. The molecule has 0 amide bonds. The largest absolute Gasteiger partial charge is 0.481 e. The predicted molar refractivity (Wildman–Crippen MR) is 117 cm³/mol. The normalized spacial score (nSPS) is 21.6. The summed E-state index contributed by atoms with van der Waals surface area (Å²) in [6, 6.07) is 1.52. The first-order valence-electron chi connectivity index (χ1n) is 10.9. The highest BCUT2D eigenvalue weighted by molar-refractivity contribution is 5.67. The molecule has 3 atom stereocenters. The average molecular weight is 482 g/mol. The van der Waals surface area contributed by atoms with Gasteiger partial charge in [0.2, 0.25) is 0 Å². The fraction of sp³-hybridized carbons (Fsp3) is 0.850. The number of carboxylic acid groups (broad SMARTS) is 3. The molecule has 3 heterocycles. The van der Waals surface area contributed by atoms with Crippen LogP contribution in [0, 0.1) is 5.41 Å². The summed E-state index contributed by atoms with van der Waals surface area (Å²) >= 11 is 0. The quantitative estimate of drug-likeness (QED) is 0.121. The molecule has 10 N–H and O–H groups in total. The van der Waals surface area contributed by atoms with Gasteiger partial charge in [-0.15, -0.1) is 0 Å². The molecule has 194 valence electrons. The Morgan fingerprint density at radius 3 is 0.879 bits per heavy atom. The van der Waals surface area contributed by atoms with Gasteiger partial charge in [-0.25, -0.2) is 0 Å². The molecule has 0 aromatic heterocycles. The molecular weight excluding hydrogens is 442 g/mol. The third-order valence-electron chi connectivity index (χ3n) is 4.94. The summed E-state index contributed by atoms with van der Waals surface area (Å²) in [7, 11) is 0. The van der Waals surface area contributed by atoms with Crippen molar-refractivity contribution < 1.29 is 50.1 Å². The van der Waals surface area contributed by atoms with Crippen LogP contribution in [0.3, 0.4) is 0 Å². The van der Waals surface area contributed by atoms with Gasteiger partial charge in [-0.3, -0.25) is 14.4 Å². The van der Waals surface area contributed by atoms with Gasteiger partial charge < -0.3 is 51.7 Å². The number of aliphatic hydroxyl groups is 4. The number of hydrogen-bond acceptors (Lipinski definition) is 10. The van der Waals surface area contributed by atoms with Crippen LogP contribution in [0.4, 0.5) is 0 Å². The Hall–Kier alpha value is -1.87. The summed E-state index contributed by atoms with van der Waals surface area (Å²) in [5.74, 6) is -2.09. The van der Waals surface area contributed by atoms with Crippen LogP contribution in [0.15, 0.2) is 0 Å². The fourth-order valence-electron chi connectivity index (χ4n) is 2.06. The van der Waals surface area contributed by atoms with Gasteiger partial charge in [-0.1, -0.05) is 0 Å². The smallest absolute Gasteiger partial charge is 0.303 e. The molecule has 0 aliphatic carbocycles. The van der Waals surface area contributed by atoms with E-state index in [1.807, 2.05) is 0 Å². The van der Waals surface area contributed by atoms with E-state index in [-0.39, 0.29) is 0 Å². The van der Waals surface area contributed by atoms with Gasteiger partial charge >= 0.3 is 17.9 Å². The zero-order valence-corrected chi connectivity index (χ0v) is 18.8. The highest BCUT2D eigenvalue weighted by Gasteiger charge is 2.26. The van der Waals surface area contributed by atoms with Gasteiger partial charge in [0.1, 0.15) is 0 Å². The van der Waals surface area contributed by atoms with Crippen LogP contribution in [0.25, 0.3) is 0 Å². The molecule has 3 aliphatic heterocycles. The Balaban J connectivity index is 0.000000414. The lowest BCUT2D eigenvalue weighted by Gasteiger charge is -2.23. The molecule has 13 nitrogen and oxygen atoms in total. The predicted octanol–water partition coefficient (Wildman–Crippen LogP) is -2.59. The monoisotopic (exact) mass is 481 g/mol. The molecule has 3 saturated heterocycles. The van der Waals surface area contributed by atoms with Crippen LogP contribution < -0.4 is 16.0 Å². The van der Waals surface area contributed by atoms with Crippen molar-refractivity contribution in [2.45, 2.75) is 56.7 Å². The summed E-state index contributed by atoms with van der Waals surface area (Å²) in [5, 5.41) is 67.6. The molecule has 13 heteroatoms.